The molecule has 0 unspecified atom stereocenters. The van der Waals surface area contributed by atoms with Gasteiger partial charge in [0.1, 0.15) is 0 Å². The molecule has 0 fully saturated rings. The van der Waals surface area contributed by atoms with Crippen molar-refractivity contribution in [2.75, 3.05) is 38.5 Å². The van der Waals surface area contributed by atoms with Crippen LogP contribution < -0.4 is 10.0 Å². The molecule has 0 bridgehead atoms. The van der Waals surface area contributed by atoms with Crippen molar-refractivity contribution in [2.45, 2.75) is 20.3 Å². The van der Waals surface area contributed by atoms with Gasteiger partial charge in [0.15, 0.2) is 0 Å². The fourth-order valence-corrected chi connectivity index (χ4v) is 3.10. The van der Waals surface area contributed by atoms with Gasteiger partial charge in [-0.25, -0.2) is 13.1 Å². The molecule has 1 amide bonds. The van der Waals surface area contributed by atoms with Crippen molar-refractivity contribution in [1.29, 1.82) is 0 Å². The molecule has 130 valence electrons. The molecule has 6 nitrogen and oxygen atoms in total. The van der Waals surface area contributed by atoms with Gasteiger partial charge in [-0.2, -0.15) is 0 Å². The Bertz CT molecular complexity index is 557. The molecule has 0 aliphatic rings. The maximum Gasteiger partial charge on any atom is 0.251 e. The van der Waals surface area contributed by atoms with Crippen molar-refractivity contribution >= 4 is 15.9 Å². The van der Waals surface area contributed by atoms with Crippen LogP contribution in [0.1, 0.15) is 30.6 Å². The van der Waals surface area contributed by atoms with Gasteiger partial charge in [0.25, 0.3) is 5.91 Å². The van der Waals surface area contributed by atoms with Gasteiger partial charge >= 0.3 is 0 Å². The van der Waals surface area contributed by atoms with Gasteiger partial charge in [0.2, 0.25) is 10.0 Å². The molecule has 0 radical (unpaired) electrons. The Morgan fingerprint density at radius 1 is 1.09 bits per heavy atom. The zero-order valence-electron chi connectivity index (χ0n) is 13.9. The molecule has 7 heteroatoms. The minimum Gasteiger partial charge on any atom is -0.351 e. The van der Waals surface area contributed by atoms with E-state index in [9.17, 15) is 13.2 Å². The van der Waals surface area contributed by atoms with Gasteiger partial charge in [0.05, 0.1) is 5.75 Å². The average molecular weight is 341 g/mol. The zero-order chi connectivity index (χ0) is 17.1. The van der Waals surface area contributed by atoms with E-state index in [1.54, 1.807) is 24.3 Å². The summed E-state index contributed by atoms with van der Waals surface area (Å²) in [6, 6.07) is 8.74. The van der Waals surface area contributed by atoms with Crippen molar-refractivity contribution in [2.24, 2.45) is 0 Å². The molecule has 0 saturated heterocycles. The lowest BCUT2D eigenvalue weighted by Gasteiger charge is -2.17. The second-order valence-electron chi connectivity index (χ2n) is 5.22. The van der Waals surface area contributed by atoms with Crippen LogP contribution in [-0.2, 0) is 10.0 Å². The molecular formula is C16H27N3O3S. The summed E-state index contributed by atoms with van der Waals surface area (Å²) in [6.07, 6.45) is 0.775. The molecule has 1 aromatic rings. The molecule has 0 saturated carbocycles. The molecule has 0 heterocycles. The summed E-state index contributed by atoms with van der Waals surface area (Å²) in [7, 11) is -3.35. The molecule has 23 heavy (non-hydrogen) atoms. The van der Waals surface area contributed by atoms with Crippen molar-refractivity contribution in [3.8, 4) is 0 Å². The maximum absolute atomic E-state index is 11.9. The molecule has 0 aliphatic heterocycles. The Hall–Kier alpha value is -1.44. The van der Waals surface area contributed by atoms with Crippen LogP contribution in [0, 0.1) is 0 Å². The van der Waals surface area contributed by atoms with Crippen LogP contribution >= 0.6 is 0 Å². The first-order valence-corrected chi connectivity index (χ1v) is 9.66. The van der Waals surface area contributed by atoms with Crippen molar-refractivity contribution in [1.82, 2.24) is 14.9 Å². The minimum absolute atomic E-state index is 0.0963. The number of sulfonamides is 1. The van der Waals surface area contributed by atoms with Crippen molar-refractivity contribution < 1.29 is 13.2 Å². The first-order chi connectivity index (χ1) is 11.0. The van der Waals surface area contributed by atoms with E-state index in [2.05, 4.69) is 28.8 Å². The van der Waals surface area contributed by atoms with Gasteiger partial charge in [-0.1, -0.05) is 32.0 Å². The second-order valence-corrected chi connectivity index (χ2v) is 7.14. The van der Waals surface area contributed by atoms with E-state index in [0.717, 1.165) is 26.1 Å². The number of carbonyl (C=O) groups excluding carboxylic acids is 1. The Kier molecular flexibility index (Phi) is 8.83. The van der Waals surface area contributed by atoms with E-state index in [0.29, 0.717) is 12.1 Å². The van der Waals surface area contributed by atoms with Crippen LogP contribution in [0.3, 0.4) is 0 Å². The Morgan fingerprint density at radius 3 is 2.35 bits per heavy atom. The van der Waals surface area contributed by atoms with E-state index in [1.807, 2.05) is 6.07 Å². The molecule has 0 aliphatic carbocycles. The van der Waals surface area contributed by atoms with Crippen LogP contribution in [-0.4, -0.2) is 57.7 Å². The molecular weight excluding hydrogens is 314 g/mol. The number of nitrogens with zero attached hydrogens (tertiary/aromatic N) is 1. The summed E-state index contributed by atoms with van der Waals surface area (Å²) in [6.45, 7) is 7.50. The summed E-state index contributed by atoms with van der Waals surface area (Å²) in [4.78, 5) is 14.0. The predicted molar refractivity (Wildman–Crippen MR) is 93.0 cm³/mol. The SMILES string of the molecule is CCN(CC)CCCNS(=O)(=O)CCNC(=O)c1ccccc1. The summed E-state index contributed by atoms with van der Waals surface area (Å²) in [5, 5.41) is 2.62. The van der Waals surface area contributed by atoms with E-state index < -0.39 is 10.0 Å². The summed E-state index contributed by atoms with van der Waals surface area (Å²) in [5.41, 5.74) is 0.525. The van der Waals surface area contributed by atoms with Crippen molar-refractivity contribution in [3.63, 3.8) is 0 Å². The monoisotopic (exact) mass is 341 g/mol. The Morgan fingerprint density at radius 2 is 1.74 bits per heavy atom. The van der Waals surface area contributed by atoms with E-state index >= 15 is 0 Å². The highest BCUT2D eigenvalue weighted by molar-refractivity contribution is 7.89. The molecule has 1 aromatic carbocycles. The van der Waals surface area contributed by atoms with Crippen LogP contribution in [0.25, 0.3) is 0 Å². The van der Waals surface area contributed by atoms with Crippen LogP contribution in [0.2, 0.25) is 0 Å². The first-order valence-electron chi connectivity index (χ1n) is 8.01. The highest BCUT2D eigenvalue weighted by Crippen LogP contribution is 1.97. The lowest BCUT2D eigenvalue weighted by atomic mass is 10.2. The number of hydrogen-bond acceptors (Lipinski definition) is 4. The minimum atomic E-state index is -3.35. The van der Waals surface area contributed by atoms with Gasteiger partial charge < -0.3 is 10.2 Å². The third-order valence-corrected chi connectivity index (χ3v) is 4.95. The maximum atomic E-state index is 11.9. The number of benzene rings is 1. The number of hydrogen-bond donors (Lipinski definition) is 2. The topological polar surface area (TPSA) is 78.5 Å². The van der Waals surface area contributed by atoms with Gasteiger partial charge in [-0.15, -0.1) is 0 Å². The number of carbonyl (C=O) groups is 1. The Balaban J connectivity index is 2.24. The van der Waals surface area contributed by atoms with Crippen LogP contribution in [0.4, 0.5) is 0 Å². The van der Waals surface area contributed by atoms with Gasteiger partial charge in [-0.3, -0.25) is 4.79 Å². The van der Waals surface area contributed by atoms with E-state index in [4.69, 9.17) is 0 Å². The normalized spacial score (nSPS) is 11.6. The number of nitrogens with one attached hydrogen (secondary N) is 2. The fraction of sp³-hybridized carbons (Fsp3) is 0.562. The zero-order valence-corrected chi connectivity index (χ0v) is 14.7. The number of amides is 1. The van der Waals surface area contributed by atoms with E-state index in [-0.39, 0.29) is 18.2 Å². The molecule has 0 aromatic heterocycles. The van der Waals surface area contributed by atoms with Crippen molar-refractivity contribution in [3.05, 3.63) is 35.9 Å². The van der Waals surface area contributed by atoms with Crippen LogP contribution in [0.15, 0.2) is 30.3 Å². The fourth-order valence-electron chi connectivity index (χ4n) is 2.13. The largest absolute Gasteiger partial charge is 0.351 e. The average Bonchev–Trinajstić information content (AvgIpc) is 2.55. The smallest absolute Gasteiger partial charge is 0.251 e. The first kappa shape index (κ1) is 19.6. The third-order valence-electron chi connectivity index (χ3n) is 3.56. The second kappa shape index (κ2) is 10.4. The lowest BCUT2D eigenvalue weighted by molar-refractivity contribution is 0.0956. The predicted octanol–water partition coefficient (Wildman–Crippen LogP) is 1.07. The number of rotatable bonds is 11. The third kappa shape index (κ3) is 8.11. The highest BCUT2D eigenvalue weighted by Gasteiger charge is 2.11. The highest BCUT2D eigenvalue weighted by atomic mass is 32.2. The molecule has 0 spiro atoms. The molecule has 1 rings (SSSR count). The van der Waals surface area contributed by atoms with E-state index in [1.165, 1.54) is 0 Å². The Labute approximate surface area is 139 Å². The molecule has 0 atom stereocenters. The summed E-state index contributed by atoms with van der Waals surface area (Å²) >= 11 is 0. The van der Waals surface area contributed by atoms with Crippen LogP contribution in [0.5, 0.6) is 0 Å². The lowest BCUT2D eigenvalue weighted by Crippen LogP contribution is -2.35. The standard InChI is InChI=1S/C16H27N3O3S/c1-3-19(4-2)13-8-11-18-23(21,22)14-12-17-16(20)15-9-6-5-7-10-15/h5-7,9-10,18H,3-4,8,11-14H2,1-2H3,(H,17,20). The summed E-state index contributed by atoms with van der Waals surface area (Å²) < 4.78 is 26.3. The summed E-state index contributed by atoms with van der Waals surface area (Å²) in [5.74, 6) is -0.376. The van der Waals surface area contributed by atoms with Gasteiger partial charge in [0, 0.05) is 18.7 Å². The quantitative estimate of drug-likeness (QED) is 0.590. The van der Waals surface area contributed by atoms with Gasteiger partial charge in [-0.05, 0) is 38.2 Å². The molecule has 2 N–H and O–H groups in total.